The molecule has 2 fully saturated rings. The average molecular weight is 379 g/mol. The normalized spacial score (nSPS) is 25.2. The molecule has 0 radical (unpaired) electrons. The highest BCUT2D eigenvalue weighted by Crippen LogP contribution is 2.49. The maximum Gasteiger partial charge on any atom is 0.0544 e. The first-order valence-corrected chi connectivity index (χ1v) is 11.3. The molecule has 3 heteroatoms. The van der Waals surface area contributed by atoms with E-state index in [-0.39, 0.29) is 0 Å². The quantitative estimate of drug-likeness (QED) is 0.688. The van der Waals surface area contributed by atoms with Crippen LogP contribution in [0, 0.1) is 12.8 Å². The molecule has 1 saturated carbocycles. The Hall–Kier alpha value is -1.45. The van der Waals surface area contributed by atoms with E-state index in [0.29, 0.717) is 12.0 Å². The molecule has 2 atom stereocenters. The van der Waals surface area contributed by atoms with Crippen LogP contribution in [0.4, 0.5) is 5.69 Å². The van der Waals surface area contributed by atoms with E-state index in [1.54, 1.807) is 5.56 Å². The fourth-order valence-corrected chi connectivity index (χ4v) is 6.21. The van der Waals surface area contributed by atoms with E-state index in [0.717, 1.165) is 5.92 Å². The SMILES string of the molecule is Cc1ccc(Sc2cccc3c2N(C)[C@H]2CCN(CC4CCC4)C[C@H]32)cc1. The lowest BCUT2D eigenvalue weighted by Gasteiger charge is -2.40. The zero-order valence-electron chi connectivity index (χ0n) is 16.5. The second-order valence-electron chi connectivity index (χ2n) is 8.74. The third-order valence-electron chi connectivity index (χ3n) is 6.93. The molecule has 27 heavy (non-hydrogen) atoms. The van der Waals surface area contributed by atoms with Gasteiger partial charge in [-0.3, -0.25) is 0 Å². The Morgan fingerprint density at radius 1 is 1.04 bits per heavy atom. The predicted octanol–water partition coefficient (Wildman–Crippen LogP) is 5.55. The van der Waals surface area contributed by atoms with Gasteiger partial charge in [-0.2, -0.15) is 0 Å². The van der Waals surface area contributed by atoms with Crippen LogP contribution in [0.5, 0.6) is 0 Å². The van der Waals surface area contributed by atoms with E-state index < -0.39 is 0 Å². The van der Waals surface area contributed by atoms with E-state index >= 15 is 0 Å². The molecule has 0 aromatic heterocycles. The number of piperidine rings is 1. The highest BCUT2D eigenvalue weighted by Gasteiger charge is 2.41. The number of hydrogen-bond acceptors (Lipinski definition) is 3. The molecule has 5 rings (SSSR count). The summed E-state index contributed by atoms with van der Waals surface area (Å²) in [6.07, 6.45) is 5.67. The van der Waals surface area contributed by atoms with Gasteiger partial charge in [0, 0.05) is 48.4 Å². The molecule has 1 aliphatic carbocycles. The van der Waals surface area contributed by atoms with Crippen LogP contribution in [0.3, 0.4) is 0 Å². The molecule has 1 saturated heterocycles. The zero-order valence-corrected chi connectivity index (χ0v) is 17.3. The van der Waals surface area contributed by atoms with Crippen LogP contribution in [0.15, 0.2) is 52.3 Å². The standard InChI is InChI=1S/C24H30N2S/c1-17-9-11-19(12-10-17)27-23-8-4-7-20-21-16-26(15-18-5-3-6-18)14-13-22(21)25(2)24(20)23/h4,7-12,18,21-22H,3,5-6,13-16H2,1-2H3/t21-,22+/m1/s1. The number of hydrogen-bond donors (Lipinski definition) is 0. The van der Waals surface area contributed by atoms with Gasteiger partial charge in [-0.25, -0.2) is 0 Å². The number of anilines is 1. The Balaban J connectivity index is 1.40. The van der Waals surface area contributed by atoms with Gasteiger partial charge < -0.3 is 9.80 Å². The molecular weight excluding hydrogens is 348 g/mol. The van der Waals surface area contributed by atoms with Crippen LogP contribution >= 0.6 is 11.8 Å². The predicted molar refractivity (Wildman–Crippen MR) is 115 cm³/mol. The molecule has 2 aliphatic heterocycles. The fraction of sp³-hybridized carbons (Fsp3) is 0.500. The minimum Gasteiger partial charge on any atom is -0.370 e. The maximum atomic E-state index is 2.76. The summed E-state index contributed by atoms with van der Waals surface area (Å²) in [4.78, 5) is 8.10. The van der Waals surface area contributed by atoms with Gasteiger partial charge >= 0.3 is 0 Å². The molecule has 142 valence electrons. The Morgan fingerprint density at radius 3 is 2.59 bits per heavy atom. The first-order valence-electron chi connectivity index (χ1n) is 10.5. The number of para-hydroxylation sites is 1. The summed E-state index contributed by atoms with van der Waals surface area (Å²) in [7, 11) is 2.32. The van der Waals surface area contributed by atoms with E-state index in [4.69, 9.17) is 0 Å². The van der Waals surface area contributed by atoms with Crippen molar-refractivity contribution in [2.45, 2.75) is 54.4 Å². The summed E-state index contributed by atoms with van der Waals surface area (Å²) in [5.74, 6) is 1.65. The highest BCUT2D eigenvalue weighted by molar-refractivity contribution is 7.99. The van der Waals surface area contributed by atoms with Crippen molar-refractivity contribution in [3.05, 3.63) is 53.6 Å². The van der Waals surface area contributed by atoms with E-state index in [1.807, 2.05) is 11.8 Å². The van der Waals surface area contributed by atoms with Crippen LogP contribution in [-0.2, 0) is 0 Å². The molecule has 2 heterocycles. The summed E-state index contributed by atoms with van der Waals surface area (Å²) < 4.78 is 0. The largest absolute Gasteiger partial charge is 0.370 e. The van der Waals surface area contributed by atoms with Crippen LogP contribution in [0.1, 0.15) is 42.7 Å². The van der Waals surface area contributed by atoms with Gasteiger partial charge in [0.15, 0.2) is 0 Å². The Morgan fingerprint density at radius 2 is 1.85 bits per heavy atom. The summed E-state index contributed by atoms with van der Waals surface area (Å²) in [5, 5.41) is 0. The van der Waals surface area contributed by atoms with Gasteiger partial charge in [0.25, 0.3) is 0 Å². The number of rotatable bonds is 4. The van der Waals surface area contributed by atoms with Crippen molar-refractivity contribution in [1.29, 1.82) is 0 Å². The van der Waals surface area contributed by atoms with Gasteiger partial charge in [-0.05, 0) is 55.9 Å². The summed E-state index contributed by atoms with van der Waals surface area (Å²) >= 11 is 1.92. The molecule has 0 spiro atoms. The molecular formula is C24H30N2S. The van der Waals surface area contributed by atoms with Crippen molar-refractivity contribution in [2.75, 3.05) is 31.6 Å². The van der Waals surface area contributed by atoms with Crippen LogP contribution in [-0.4, -0.2) is 37.6 Å². The monoisotopic (exact) mass is 378 g/mol. The van der Waals surface area contributed by atoms with Gasteiger partial charge in [0.2, 0.25) is 0 Å². The third kappa shape index (κ3) is 3.30. The lowest BCUT2D eigenvalue weighted by molar-refractivity contribution is 0.137. The Labute approximate surface area is 167 Å². The van der Waals surface area contributed by atoms with Crippen molar-refractivity contribution in [1.82, 2.24) is 4.90 Å². The van der Waals surface area contributed by atoms with Crippen LogP contribution < -0.4 is 4.90 Å². The molecule has 2 aromatic carbocycles. The van der Waals surface area contributed by atoms with Crippen molar-refractivity contribution >= 4 is 17.4 Å². The fourth-order valence-electron chi connectivity index (χ4n) is 5.18. The summed E-state index contributed by atoms with van der Waals surface area (Å²) in [6.45, 7) is 6.01. The molecule has 0 unspecified atom stereocenters. The first-order chi connectivity index (χ1) is 13.2. The van der Waals surface area contributed by atoms with Crippen LogP contribution in [0.25, 0.3) is 0 Å². The lowest BCUT2D eigenvalue weighted by atomic mass is 9.83. The smallest absolute Gasteiger partial charge is 0.0544 e. The van der Waals surface area contributed by atoms with E-state index in [1.165, 1.54) is 66.4 Å². The number of fused-ring (bicyclic) bond motifs is 3. The van der Waals surface area contributed by atoms with E-state index in [9.17, 15) is 0 Å². The number of likely N-dealkylation sites (N-methyl/N-ethyl adjacent to an activating group) is 1. The van der Waals surface area contributed by atoms with Gasteiger partial charge in [-0.15, -0.1) is 0 Å². The number of aryl methyl sites for hydroxylation is 1. The second-order valence-corrected chi connectivity index (χ2v) is 9.85. The number of benzene rings is 2. The van der Waals surface area contributed by atoms with Crippen molar-refractivity contribution in [2.24, 2.45) is 5.92 Å². The zero-order chi connectivity index (χ0) is 18.4. The number of nitrogens with zero attached hydrogens (tertiary/aromatic N) is 2. The van der Waals surface area contributed by atoms with Crippen molar-refractivity contribution in [3.63, 3.8) is 0 Å². The van der Waals surface area contributed by atoms with Crippen molar-refractivity contribution in [3.8, 4) is 0 Å². The maximum absolute atomic E-state index is 2.76. The van der Waals surface area contributed by atoms with Crippen LogP contribution in [0.2, 0.25) is 0 Å². The summed E-state index contributed by atoms with van der Waals surface area (Å²) in [5.41, 5.74) is 4.40. The molecule has 2 nitrogen and oxygen atoms in total. The summed E-state index contributed by atoms with van der Waals surface area (Å²) in [6, 6.07) is 16.6. The molecule has 2 aromatic rings. The first kappa shape index (κ1) is 17.6. The Kier molecular flexibility index (Phi) is 4.69. The third-order valence-corrected chi connectivity index (χ3v) is 7.99. The highest BCUT2D eigenvalue weighted by atomic mass is 32.2. The van der Waals surface area contributed by atoms with Gasteiger partial charge in [0.05, 0.1) is 5.69 Å². The van der Waals surface area contributed by atoms with E-state index in [2.05, 4.69) is 66.2 Å². The average Bonchev–Trinajstić information content (AvgIpc) is 2.93. The van der Waals surface area contributed by atoms with Crippen molar-refractivity contribution < 1.29 is 0 Å². The number of likely N-dealkylation sites (tertiary alicyclic amines) is 1. The molecule has 0 amide bonds. The molecule has 0 N–H and O–H groups in total. The van der Waals surface area contributed by atoms with Gasteiger partial charge in [0.1, 0.15) is 0 Å². The Bertz CT molecular complexity index is 812. The van der Waals surface area contributed by atoms with Gasteiger partial charge in [-0.1, -0.05) is 48.0 Å². The molecule has 3 aliphatic rings. The minimum atomic E-state index is 0.678. The lowest BCUT2D eigenvalue weighted by Crippen LogP contribution is -2.47. The minimum absolute atomic E-state index is 0.678. The molecule has 0 bridgehead atoms. The topological polar surface area (TPSA) is 6.48 Å². The second kappa shape index (κ2) is 7.18.